The number of hydrogen-bond donors (Lipinski definition) is 2. The van der Waals surface area contributed by atoms with Crippen LogP contribution in [-0.2, 0) is 22.7 Å². The van der Waals surface area contributed by atoms with Crippen molar-refractivity contribution in [2.75, 3.05) is 10.6 Å². The van der Waals surface area contributed by atoms with Gasteiger partial charge in [0.15, 0.2) is 0 Å². The van der Waals surface area contributed by atoms with E-state index in [9.17, 15) is 9.59 Å². The third kappa shape index (κ3) is 6.97. The second-order valence-electron chi connectivity index (χ2n) is 6.10. The van der Waals surface area contributed by atoms with Crippen molar-refractivity contribution in [3.63, 3.8) is 0 Å². The Kier molecular flexibility index (Phi) is 7.24. The number of nitrogens with one attached hydrogen (secondary N) is 2. The minimum absolute atomic E-state index is 0.164. The molecule has 3 aromatic carbocycles. The first-order chi connectivity index (χ1) is 14.1. The molecule has 0 saturated heterocycles. The summed E-state index contributed by atoms with van der Waals surface area (Å²) in [4.78, 5) is 24.1. The van der Waals surface area contributed by atoms with Gasteiger partial charge in [0.1, 0.15) is 13.2 Å². The first kappa shape index (κ1) is 20.4. The van der Waals surface area contributed by atoms with Crippen LogP contribution < -0.4 is 10.6 Å². The van der Waals surface area contributed by atoms with Crippen molar-refractivity contribution in [2.45, 2.75) is 13.2 Å². The van der Waals surface area contributed by atoms with Gasteiger partial charge in [-0.1, -0.05) is 76.6 Å². The predicted molar refractivity (Wildman–Crippen MR) is 115 cm³/mol. The Hall–Kier alpha value is -3.32. The van der Waals surface area contributed by atoms with Crippen LogP contribution in [0.5, 0.6) is 0 Å². The van der Waals surface area contributed by atoms with Gasteiger partial charge in [0.2, 0.25) is 0 Å². The number of benzene rings is 3. The molecule has 2 N–H and O–H groups in total. The van der Waals surface area contributed by atoms with E-state index in [-0.39, 0.29) is 13.2 Å². The molecule has 29 heavy (non-hydrogen) atoms. The first-order valence-electron chi connectivity index (χ1n) is 8.84. The lowest BCUT2D eigenvalue weighted by Gasteiger charge is -2.11. The molecule has 0 spiro atoms. The van der Waals surface area contributed by atoms with Crippen LogP contribution in [0.1, 0.15) is 11.1 Å². The number of halogens is 1. The van der Waals surface area contributed by atoms with Gasteiger partial charge in [-0.15, -0.1) is 0 Å². The van der Waals surface area contributed by atoms with E-state index in [1.807, 2.05) is 60.7 Å². The maximum absolute atomic E-state index is 12.0. The fourth-order valence-electron chi connectivity index (χ4n) is 2.49. The van der Waals surface area contributed by atoms with Gasteiger partial charge in [0.05, 0.1) is 0 Å². The topological polar surface area (TPSA) is 76.7 Å². The van der Waals surface area contributed by atoms with Gasteiger partial charge in [-0.25, -0.2) is 9.59 Å². The van der Waals surface area contributed by atoms with Gasteiger partial charge in [-0.05, 0) is 29.3 Å². The monoisotopic (exact) mass is 454 g/mol. The summed E-state index contributed by atoms with van der Waals surface area (Å²) in [7, 11) is 0. The standard InChI is InChI=1S/C22H19BrN2O4/c23-18-11-19(24-21(26)28-14-16-7-3-1-4-8-16)13-20(12-18)25-22(27)29-15-17-9-5-2-6-10-17/h1-13H,14-15H2,(H,24,26)(H,25,27). The molecule has 6 nitrogen and oxygen atoms in total. The van der Waals surface area contributed by atoms with Crippen molar-refractivity contribution in [3.8, 4) is 0 Å². The highest BCUT2D eigenvalue weighted by atomic mass is 79.9. The van der Waals surface area contributed by atoms with Crippen LogP contribution in [-0.4, -0.2) is 12.2 Å². The zero-order chi connectivity index (χ0) is 20.5. The zero-order valence-electron chi connectivity index (χ0n) is 15.4. The Labute approximate surface area is 177 Å². The molecule has 0 unspecified atom stereocenters. The van der Waals surface area contributed by atoms with Crippen molar-refractivity contribution < 1.29 is 19.1 Å². The number of carbonyl (C=O) groups is 2. The van der Waals surface area contributed by atoms with Crippen LogP contribution >= 0.6 is 15.9 Å². The van der Waals surface area contributed by atoms with E-state index in [4.69, 9.17) is 9.47 Å². The van der Waals surface area contributed by atoms with Gasteiger partial charge in [0.25, 0.3) is 0 Å². The van der Waals surface area contributed by atoms with E-state index in [0.717, 1.165) is 11.1 Å². The molecular formula is C22H19BrN2O4. The van der Waals surface area contributed by atoms with E-state index in [0.29, 0.717) is 15.8 Å². The molecule has 0 aromatic heterocycles. The van der Waals surface area contributed by atoms with Gasteiger partial charge in [0, 0.05) is 15.8 Å². The van der Waals surface area contributed by atoms with Crippen molar-refractivity contribution in [1.29, 1.82) is 0 Å². The highest BCUT2D eigenvalue weighted by Crippen LogP contribution is 2.23. The summed E-state index contributed by atoms with van der Waals surface area (Å²) in [6.45, 7) is 0.329. The molecule has 0 aliphatic rings. The Morgan fingerprint density at radius 1 is 0.690 bits per heavy atom. The highest BCUT2D eigenvalue weighted by molar-refractivity contribution is 9.10. The summed E-state index contributed by atoms with van der Waals surface area (Å²) in [5, 5.41) is 5.28. The Morgan fingerprint density at radius 3 is 1.52 bits per heavy atom. The number of ether oxygens (including phenoxy) is 2. The number of carbonyl (C=O) groups excluding carboxylic acids is 2. The lowest BCUT2D eigenvalue weighted by Crippen LogP contribution is -2.15. The van der Waals surface area contributed by atoms with E-state index >= 15 is 0 Å². The molecular weight excluding hydrogens is 436 g/mol. The first-order valence-corrected chi connectivity index (χ1v) is 9.64. The minimum Gasteiger partial charge on any atom is -0.444 e. The average Bonchev–Trinajstić information content (AvgIpc) is 2.72. The van der Waals surface area contributed by atoms with E-state index in [1.54, 1.807) is 18.2 Å². The quantitative estimate of drug-likeness (QED) is 0.482. The zero-order valence-corrected chi connectivity index (χ0v) is 17.0. The normalized spacial score (nSPS) is 10.1. The molecule has 148 valence electrons. The van der Waals surface area contributed by atoms with Gasteiger partial charge in [-0.2, -0.15) is 0 Å². The summed E-state index contributed by atoms with van der Waals surface area (Å²) in [6, 6.07) is 23.8. The lowest BCUT2D eigenvalue weighted by molar-refractivity contribution is 0.154. The summed E-state index contributed by atoms with van der Waals surface area (Å²) >= 11 is 3.36. The highest BCUT2D eigenvalue weighted by Gasteiger charge is 2.09. The third-order valence-corrected chi connectivity index (χ3v) is 4.27. The van der Waals surface area contributed by atoms with Gasteiger partial charge >= 0.3 is 12.2 Å². The number of amides is 2. The second-order valence-corrected chi connectivity index (χ2v) is 7.02. The molecule has 7 heteroatoms. The molecule has 0 radical (unpaired) electrons. The van der Waals surface area contributed by atoms with Crippen LogP contribution in [0, 0.1) is 0 Å². The van der Waals surface area contributed by atoms with Gasteiger partial charge in [-0.3, -0.25) is 10.6 Å². The SMILES string of the molecule is O=C(Nc1cc(Br)cc(NC(=O)OCc2ccccc2)c1)OCc1ccccc1. The van der Waals surface area contributed by atoms with Crippen LogP contribution in [0.15, 0.2) is 83.3 Å². The Morgan fingerprint density at radius 2 is 1.10 bits per heavy atom. The molecule has 0 bridgehead atoms. The second kappa shape index (κ2) is 10.3. The minimum atomic E-state index is -0.593. The summed E-state index contributed by atoms with van der Waals surface area (Å²) in [6.07, 6.45) is -1.19. The van der Waals surface area contributed by atoms with Crippen molar-refractivity contribution in [1.82, 2.24) is 0 Å². The largest absolute Gasteiger partial charge is 0.444 e. The average molecular weight is 455 g/mol. The summed E-state index contributed by atoms with van der Waals surface area (Å²) in [5.41, 5.74) is 2.72. The molecule has 0 heterocycles. The van der Waals surface area contributed by atoms with E-state index < -0.39 is 12.2 Å². The van der Waals surface area contributed by atoms with E-state index in [1.165, 1.54) is 0 Å². The summed E-state index contributed by atoms with van der Waals surface area (Å²) < 4.78 is 11.1. The Bertz CT molecular complexity index is 889. The molecule has 0 saturated carbocycles. The molecule has 3 aromatic rings. The fraction of sp³-hybridized carbons (Fsp3) is 0.0909. The van der Waals surface area contributed by atoms with Crippen molar-refractivity contribution in [2.24, 2.45) is 0 Å². The van der Waals surface area contributed by atoms with E-state index in [2.05, 4.69) is 26.6 Å². The molecule has 0 fully saturated rings. The molecule has 0 atom stereocenters. The summed E-state index contributed by atoms with van der Waals surface area (Å²) in [5.74, 6) is 0. The smallest absolute Gasteiger partial charge is 0.411 e. The maximum Gasteiger partial charge on any atom is 0.411 e. The van der Waals surface area contributed by atoms with Crippen LogP contribution in [0.2, 0.25) is 0 Å². The van der Waals surface area contributed by atoms with Crippen molar-refractivity contribution >= 4 is 39.5 Å². The number of hydrogen-bond acceptors (Lipinski definition) is 4. The molecule has 2 amide bonds. The third-order valence-electron chi connectivity index (χ3n) is 3.82. The molecule has 0 aliphatic carbocycles. The molecule has 3 rings (SSSR count). The maximum atomic E-state index is 12.0. The lowest BCUT2D eigenvalue weighted by atomic mass is 10.2. The predicted octanol–water partition coefficient (Wildman–Crippen LogP) is 5.95. The molecule has 0 aliphatic heterocycles. The van der Waals surface area contributed by atoms with Crippen LogP contribution in [0.4, 0.5) is 21.0 Å². The van der Waals surface area contributed by atoms with Crippen LogP contribution in [0.3, 0.4) is 0 Å². The van der Waals surface area contributed by atoms with Crippen LogP contribution in [0.25, 0.3) is 0 Å². The fourth-order valence-corrected chi connectivity index (χ4v) is 2.98. The number of anilines is 2. The Balaban J connectivity index is 1.53. The number of rotatable bonds is 6. The van der Waals surface area contributed by atoms with Crippen molar-refractivity contribution in [3.05, 3.63) is 94.5 Å². The van der Waals surface area contributed by atoms with Gasteiger partial charge < -0.3 is 9.47 Å².